The van der Waals surface area contributed by atoms with Crippen LogP contribution in [0.5, 0.6) is 0 Å². The maximum atomic E-state index is 12.9. The van der Waals surface area contributed by atoms with Crippen molar-refractivity contribution < 1.29 is 21.6 Å². The van der Waals surface area contributed by atoms with Crippen molar-refractivity contribution in [2.45, 2.75) is 37.5 Å². The molecule has 9 heteroatoms. The zero-order valence-electron chi connectivity index (χ0n) is 14.6. The number of hydrogen-bond acceptors (Lipinski definition) is 4. The summed E-state index contributed by atoms with van der Waals surface area (Å²) < 4.78 is 64.9. The van der Waals surface area contributed by atoms with E-state index in [-0.39, 0.29) is 23.3 Å². The van der Waals surface area contributed by atoms with E-state index < -0.39 is 21.8 Å². The quantitative estimate of drug-likeness (QED) is 0.820. The zero-order chi connectivity index (χ0) is 19.5. The number of rotatable bonds is 6. The van der Waals surface area contributed by atoms with E-state index in [0.29, 0.717) is 5.56 Å². The maximum Gasteiger partial charge on any atom is 0.419 e. The Morgan fingerprint density at radius 3 is 2.31 bits per heavy atom. The van der Waals surface area contributed by atoms with Gasteiger partial charge in [-0.25, -0.2) is 13.4 Å². The van der Waals surface area contributed by atoms with E-state index in [2.05, 4.69) is 10.3 Å². The van der Waals surface area contributed by atoms with Crippen LogP contribution >= 0.6 is 0 Å². The van der Waals surface area contributed by atoms with Gasteiger partial charge in [-0.1, -0.05) is 12.1 Å². The van der Waals surface area contributed by atoms with Crippen molar-refractivity contribution in [1.82, 2.24) is 9.29 Å². The fourth-order valence-corrected chi connectivity index (χ4v) is 3.55. The van der Waals surface area contributed by atoms with Gasteiger partial charge in [0.1, 0.15) is 5.82 Å². The SMILES string of the molecule is CC(C)N(C)S(=O)(=O)c1ccc(CNc2ncccc2C(F)(F)F)cc1. The molecule has 0 bridgehead atoms. The number of anilines is 1. The highest BCUT2D eigenvalue weighted by Gasteiger charge is 2.34. The topological polar surface area (TPSA) is 62.3 Å². The summed E-state index contributed by atoms with van der Waals surface area (Å²) in [6.07, 6.45) is -3.23. The number of nitrogens with one attached hydrogen (secondary N) is 1. The normalized spacial score (nSPS) is 12.6. The number of benzene rings is 1. The molecule has 0 saturated carbocycles. The van der Waals surface area contributed by atoms with E-state index in [1.165, 1.54) is 35.7 Å². The smallest absolute Gasteiger partial charge is 0.365 e. The third kappa shape index (κ3) is 4.53. The lowest BCUT2D eigenvalue weighted by molar-refractivity contribution is -0.137. The fraction of sp³-hybridized carbons (Fsp3) is 0.353. The highest BCUT2D eigenvalue weighted by Crippen LogP contribution is 2.33. The van der Waals surface area contributed by atoms with Crippen LogP contribution in [0.1, 0.15) is 25.0 Å². The average molecular weight is 387 g/mol. The predicted molar refractivity (Wildman–Crippen MR) is 93.1 cm³/mol. The Morgan fingerprint density at radius 1 is 1.15 bits per heavy atom. The standard InChI is InChI=1S/C17H20F3N3O2S/c1-12(2)23(3)26(24,25)14-8-6-13(7-9-14)11-22-16-15(17(18,19)20)5-4-10-21-16/h4-10,12H,11H2,1-3H3,(H,21,22). The number of hydrogen-bond donors (Lipinski definition) is 1. The van der Waals surface area contributed by atoms with E-state index in [4.69, 9.17) is 0 Å². The van der Waals surface area contributed by atoms with Crippen LogP contribution in [0, 0.1) is 0 Å². The second kappa shape index (κ2) is 7.63. The van der Waals surface area contributed by atoms with Crippen LogP contribution in [-0.2, 0) is 22.7 Å². The van der Waals surface area contributed by atoms with Crippen LogP contribution in [0.25, 0.3) is 0 Å². The molecule has 26 heavy (non-hydrogen) atoms. The number of aromatic nitrogens is 1. The summed E-state index contributed by atoms with van der Waals surface area (Å²) >= 11 is 0. The number of sulfonamides is 1. The van der Waals surface area contributed by atoms with E-state index in [1.807, 2.05) is 0 Å². The molecule has 142 valence electrons. The minimum atomic E-state index is -4.50. The van der Waals surface area contributed by atoms with Crippen molar-refractivity contribution in [2.24, 2.45) is 0 Å². The summed E-state index contributed by atoms with van der Waals surface area (Å²) in [5, 5.41) is 2.64. The van der Waals surface area contributed by atoms with Crippen molar-refractivity contribution in [1.29, 1.82) is 0 Å². The molecule has 2 aromatic rings. The molecule has 1 aromatic heterocycles. The molecular formula is C17H20F3N3O2S. The third-order valence-electron chi connectivity index (χ3n) is 3.90. The van der Waals surface area contributed by atoms with Crippen molar-refractivity contribution in [3.05, 3.63) is 53.7 Å². The molecule has 0 radical (unpaired) electrons. The molecule has 0 aliphatic heterocycles. The summed E-state index contributed by atoms with van der Waals surface area (Å²) in [5.74, 6) is -0.267. The van der Waals surface area contributed by atoms with Crippen molar-refractivity contribution in [3.8, 4) is 0 Å². The first kappa shape index (κ1) is 20.2. The maximum absolute atomic E-state index is 12.9. The summed E-state index contributed by atoms with van der Waals surface area (Å²) in [6.45, 7) is 3.61. The molecule has 1 N–H and O–H groups in total. The lowest BCUT2D eigenvalue weighted by Crippen LogP contribution is -2.33. The molecule has 0 aliphatic rings. The Hall–Kier alpha value is -2.13. The van der Waals surface area contributed by atoms with Gasteiger partial charge < -0.3 is 5.32 Å². The van der Waals surface area contributed by atoms with Crippen molar-refractivity contribution in [2.75, 3.05) is 12.4 Å². The Morgan fingerprint density at radius 2 is 1.77 bits per heavy atom. The first-order chi connectivity index (χ1) is 12.0. The number of nitrogens with zero attached hydrogens (tertiary/aromatic N) is 2. The Balaban J connectivity index is 2.15. The van der Waals surface area contributed by atoms with Crippen LogP contribution in [-0.4, -0.2) is 30.8 Å². The lowest BCUT2D eigenvalue weighted by Gasteiger charge is -2.21. The Bertz CT molecular complexity index is 850. The highest BCUT2D eigenvalue weighted by atomic mass is 32.2. The molecular weight excluding hydrogens is 367 g/mol. The van der Waals surface area contributed by atoms with Gasteiger partial charge in [0.25, 0.3) is 0 Å². The van der Waals surface area contributed by atoms with Crippen molar-refractivity contribution in [3.63, 3.8) is 0 Å². The van der Waals surface area contributed by atoms with Crippen molar-refractivity contribution >= 4 is 15.8 Å². The molecule has 5 nitrogen and oxygen atoms in total. The van der Waals surface area contributed by atoms with Gasteiger partial charge in [-0.05, 0) is 43.7 Å². The second-order valence-electron chi connectivity index (χ2n) is 6.01. The van der Waals surface area contributed by atoms with Gasteiger partial charge in [-0.2, -0.15) is 17.5 Å². The number of alkyl halides is 3. The van der Waals surface area contributed by atoms with Gasteiger partial charge in [-0.3, -0.25) is 0 Å². The molecule has 0 unspecified atom stereocenters. The van der Waals surface area contributed by atoms with Gasteiger partial charge >= 0.3 is 6.18 Å². The summed E-state index contributed by atoms with van der Waals surface area (Å²) in [4.78, 5) is 3.86. The molecule has 0 amide bonds. The fourth-order valence-electron chi connectivity index (χ4n) is 2.18. The van der Waals surface area contributed by atoms with E-state index in [0.717, 1.165) is 6.07 Å². The van der Waals surface area contributed by atoms with E-state index in [9.17, 15) is 21.6 Å². The molecule has 0 fully saturated rings. The summed E-state index contributed by atoms with van der Waals surface area (Å²) in [6, 6.07) is 7.98. The summed E-state index contributed by atoms with van der Waals surface area (Å²) in [5.41, 5.74) is -0.215. The van der Waals surface area contributed by atoms with Gasteiger partial charge in [-0.15, -0.1) is 0 Å². The monoisotopic (exact) mass is 387 g/mol. The van der Waals surface area contributed by atoms with E-state index >= 15 is 0 Å². The molecule has 0 saturated heterocycles. The van der Waals surface area contributed by atoms with Gasteiger partial charge in [0.05, 0.1) is 10.5 Å². The largest absolute Gasteiger partial charge is 0.419 e. The molecule has 0 aliphatic carbocycles. The minimum absolute atomic E-state index is 0.0838. The molecule has 0 spiro atoms. The molecule has 1 heterocycles. The minimum Gasteiger partial charge on any atom is -0.365 e. The Kier molecular flexibility index (Phi) is 5.92. The molecule has 2 rings (SSSR count). The third-order valence-corrected chi connectivity index (χ3v) is 5.95. The number of halogens is 3. The van der Waals surface area contributed by atoms with Crippen LogP contribution in [0.15, 0.2) is 47.5 Å². The number of pyridine rings is 1. The van der Waals surface area contributed by atoms with Gasteiger partial charge in [0, 0.05) is 25.8 Å². The average Bonchev–Trinajstić information content (AvgIpc) is 2.59. The van der Waals surface area contributed by atoms with Crippen LogP contribution in [0.3, 0.4) is 0 Å². The van der Waals surface area contributed by atoms with Gasteiger partial charge in [0.15, 0.2) is 0 Å². The Labute approximate surface area is 150 Å². The first-order valence-corrected chi connectivity index (χ1v) is 9.30. The molecule has 0 atom stereocenters. The van der Waals surface area contributed by atoms with E-state index in [1.54, 1.807) is 26.0 Å². The molecule has 1 aromatic carbocycles. The van der Waals surface area contributed by atoms with Crippen LogP contribution in [0.2, 0.25) is 0 Å². The second-order valence-corrected chi connectivity index (χ2v) is 8.01. The zero-order valence-corrected chi connectivity index (χ0v) is 15.4. The van der Waals surface area contributed by atoms with Crippen LogP contribution in [0.4, 0.5) is 19.0 Å². The first-order valence-electron chi connectivity index (χ1n) is 7.86. The van der Waals surface area contributed by atoms with Crippen LogP contribution < -0.4 is 5.32 Å². The lowest BCUT2D eigenvalue weighted by atomic mass is 10.2. The van der Waals surface area contributed by atoms with Gasteiger partial charge in [0.2, 0.25) is 10.0 Å². The predicted octanol–water partition coefficient (Wildman–Crippen LogP) is 3.74. The summed E-state index contributed by atoms with van der Waals surface area (Å²) in [7, 11) is -2.10. The highest BCUT2D eigenvalue weighted by molar-refractivity contribution is 7.89.